The van der Waals surface area contributed by atoms with Crippen molar-refractivity contribution in [2.24, 2.45) is 0 Å². The number of halogens is 1. The Kier molecular flexibility index (Phi) is 3.17. The molecule has 1 aliphatic rings. The van der Waals surface area contributed by atoms with Gasteiger partial charge in [-0.1, -0.05) is 24.3 Å². The molecule has 0 radical (unpaired) electrons. The monoisotopic (exact) mass is 251 g/mol. The van der Waals surface area contributed by atoms with Crippen molar-refractivity contribution in [2.45, 2.75) is 31.7 Å². The van der Waals surface area contributed by atoms with E-state index in [1.54, 1.807) is 4.90 Å². The summed E-state index contributed by atoms with van der Waals surface area (Å²) in [6, 6.07) is 8.14. The number of hydrogen-bond acceptors (Lipinski definition) is 1. The predicted molar refractivity (Wildman–Crippen MR) is 70.5 cm³/mol. The quantitative estimate of drug-likeness (QED) is 0.757. The molecule has 1 unspecified atom stereocenters. The third kappa shape index (κ3) is 2.06. The van der Waals surface area contributed by atoms with Crippen molar-refractivity contribution in [3.05, 3.63) is 35.4 Å². The number of alkyl halides is 1. The molecule has 0 heterocycles. The minimum Gasteiger partial charge on any atom is -0.339 e. The van der Waals surface area contributed by atoms with Gasteiger partial charge in [0.25, 0.3) is 0 Å². The number of benzene rings is 1. The molecule has 0 aliphatic heterocycles. The Balaban J connectivity index is 2.14. The highest BCUT2D eigenvalue weighted by atomic mass is 35.5. The zero-order valence-corrected chi connectivity index (χ0v) is 11.3. The van der Waals surface area contributed by atoms with Gasteiger partial charge in [0.05, 0.1) is 11.5 Å². The lowest BCUT2D eigenvalue weighted by Gasteiger charge is -2.39. The highest BCUT2D eigenvalue weighted by Crippen LogP contribution is 2.37. The largest absolute Gasteiger partial charge is 0.339 e. The van der Waals surface area contributed by atoms with Gasteiger partial charge in [0.15, 0.2) is 0 Å². The van der Waals surface area contributed by atoms with E-state index >= 15 is 0 Å². The van der Waals surface area contributed by atoms with E-state index in [9.17, 15) is 4.79 Å². The number of nitrogens with zero attached hydrogens (tertiary/aromatic N) is 1. The van der Waals surface area contributed by atoms with Crippen LogP contribution in [0.1, 0.15) is 30.9 Å². The SMILES string of the molecule is CN(C(=O)C1Cc2ccccc21)C(C)(C)CCl. The lowest BCUT2D eigenvalue weighted by atomic mass is 9.76. The third-order valence-corrected chi connectivity index (χ3v) is 4.37. The number of amides is 1. The van der Waals surface area contributed by atoms with Crippen LogP contribution in [-0.4, -0.2) is 29.3 Å². The van der Waals surface area contributed by atoms with Crippen molar-refractivity contribution in [3.8, 4) is 0 Å². The molecule has 0 aromatic heterocycles. The van der Waals surface area contributed by atoms with Crippen LogP contribution in [0, 0.1) is 0 Å². The molecule has 1 aromatic rings. The number of carbonyl (C=O) groups excluding carboxylic acids is 1. The van der Waals surface area contributed by atoms with E-state index in [4.69, 9.17) is 11.6 Å². The van der Waals surface area contributed by atoms with Gasteiger partial charge in [-0.25, -0.2) is 0 Å². The molecule has 1 aromatic carbocycles. The van der Waals surface area contributed by atoms with E-state index in [1.807, 2.05) is 39.1 Å². The summed E-state index contributed by atoms with van der Waals surface area (Å²) in [5, 5.41) is 0. The zero-order chi connectivity index (χ0) is 12.6. The van der Waals surface area contributed by atoms with Gasteiger partial charge >= 0.3 is 0 Å². The lowest BCUT2D eigenvalue weighted by molar-refractivity contribution is -0.136. The van der Waals surface area contributed by atoms with Gasteiger partial charge in [-0.3, -0.25) is 4.79 Å². The minimum absolute atomic E-state index is 0.0266. The number of rotatable bonds is 3. The molecule has 0 fully saturated rings. The highest BCUT2D eigenvalue weighted by molar-refractivity contribution is 6.18. The van der Waals surface area contributed by atoms with Gasteiger partial charge in [0.2, 0.25) is 5.91 Å². The van der Waals surface area contributed by atoms with Crippen molar-refractivity contribution in [3.63, 3.8) is 0 Å². The summed E-state index contributed by atoms with van der Waals surface area (Å²) in [5.41, 5.74) is 2.18. The maximum Gasteiger partial charge on any atom is 0.230 e. The molecule has 2 nitrogen and oxygen atoms in total. The second-order valence-corrected chi connectivity index (χ2v) is 5.57. The molecule has 2 rings (SSSR count). The van der Waals surface area contributed by atoms with E-state index in [-0.39, 0.29) is 17.4 Å². The van der Waals surface area contributed by atoms with Crippen molar-refractivity contribution >= 4 is 17.5 Å². The van der Waals surface area contributed by atoms with Gasteiger partial charge < -0.3 is 4.90 Å². The van der Waals surface area contributed by atoms with Crippen LogP contribution in [-0.2, 0) is 11.2 Å². The first kappa shape index (κ1) is 12.4. The summed E-state index contributed by atoms with van der Waals surface area (Å²) in [6.45, 7) is 3.98. The van der Waals surface area contributed by atoms with Crippen LogP contribution in [0.2, 0.25) is 0 Å². The van der Waals surface area contributed by atoms with Crippen LogP contribution in [0.4, 0.5) is 0 Å². The van der Waals surface area contributed by atoms with Crippen LogP contribution in [0.5, 0.6) is 0 Å². The van der Waals surface area contributed by atoms with Gasteiger partial charge in [0.1, 0.15) is 0 Å². The topological polar surface area (TPSA) is 20.3 Å². The molecular formula is C14H18ClNO. The van der Waals surface area contributed by atoms with Gasteiger partial charge in [-0.2, -0.15) is 0 Å². The average Bonchev–Trinajstić information content (AvgIpc) is 2.29. The molecule has 0 bridgehead atoms. The molecule has 0 saturated heterocycles. The van der Waals surface area contributed by atoms with Gasteiger partial charge in [-0.05, 0) is 31.4 Å². The second-order valence-electron chi connectivity index (χ2n) is 5.30. The standard InChI is InChI=1S/C14H18ClNO/c1-14(2,9-15)16(3)13(17)12-8-10-6-4-5-7-11(10)12/h4-7,12H,8-9H2,1-3H3. The fourth-order valence-corrected chi connectivity index (χ4v) is 2.28. The Morgan fingerprint density at radius 3 is 2.71 bits per heavy atom. The summed E-state index contributed by atoms with van der Waals surface area (Å²) in [6.07, 6.45) is 0.859. The molecule has 92 valence electrons. The van der Waals surface area contributed by atoms with Crippen LogP contribution >= 0.6 is 11.6 Å². The first-order valence-electron chi connectivity index (χ1n) is 5.89. The molecule has 0 N–H and O–H groups in total. The molecule has 1 aliphatic carbocycles. The third-order valence-electron chi connectivity index (χ3n) is 3.72. The number of hydrogen-bond donors (Lipinski definition) is 0. The molecule has 1 atom stereocenters. The summed E-state index contributed by atoms with van der Waals surface area (Å²) in [5.74, 6) is 0.650. The molecule has 1 amide bonds. The number of likely N-dealkylation sites (N-methyl/N-ethyl adjacent to an activating group) is 1. The smallest absolute Gasteiger partial charge is 0.230 e. The normalized spacial score (nSPS) is 18.2. The Hall–Kier alpha value is -1.02. The van der Waals surface area contributed by atoms with Gasteiger partial charge in [0, 0.05) is 12.9 Å². The van der Waals surface area contributed by atoms with E-state index in [0.717, 1.165) is 6.42 Å². The van der Waals surface area contributed by atoms with Crippen LogP contribution in [0.25, 0.3) is 0 Å². The van der Waals surface area contributed by atoms with Crippen LogP contribution in [0.3, 0.4) is 0 Å². The Morgan fingerprint density at radius 2 is 2.12 bits per heavy atom. The maximum absolute atomic E-state index is 12.4. The summed E-state index contributed by atoms with van der Waals surface area (Å²) >= 11 is 5.90. The molecule has 3 heteroatoms. The fourth-order valence-electron chi connectivity index (χ4n) is 2.10. The van der Waals surface area contributed by atoms with Crippen molar-refractivity contribution in [2.75, 3.05) is 12.9 Å². The number of carbonyl (C=O) groups is 1. The summed E-state index contributed by atoms with van der Waals surface area (Å²) in [4.78, 5) is 14.1. The molecule has 17 heavy (non-hydrogen) atoms. The van der Waals surface area contributed by atoms with E-state index in [2.05, 4.69) is 6.07 Å². The molecular weight excluding hydrogens is 234 g/mol. The van der Waals surface area contributed by atoms with E-state index < -0.39 is 0 Å². The van der Waals surface area contributed by atoms with Gasteiger partial charge in [-0.15, -0.1) is 11.6 Å². The first-order chi connectivity index (χ1) is 7.97. The second kappa shape index (κ2) is 4.34. The highest BCUT2D eigenvalue weighted by Gasteiger charge is 2.37. The van der Waals surface area contributed by atoms with E-state index in [1.165, 1.54) is 11.1 Å². The Morgan fingerprint density at radius 1 is 1.47 bits per heavy atom. The maximum atomic E-state index is 12.4. The van der Waals surface area contributed by atoms with Crippen LogP contribution in [0.15, 0.2) is 24.3 Å². The fraction of sp³-hybridized carbons (Fsp3) is 0.500. The van der Waals surface area contributed by atoms with Crippen molar-refractivity contribution < 1.29 is 4.79 Å². The van der Waals surface area contributed by atoms with E-state index in [0.29, 0.717) is 5.88 Å². The van der Waals surface area contributed by atoms with Crippen LogP contribution < -0.4 is 0 Å². The lowest BCUT2D eigenvalue weighted by Crippen LogP contribution is -2.49. The van der Waals surface area contributed by atoms with Crippen molar-refractivity contribution in [1.29, 1.82) is 0 Å². The summed E-state index contributed by atoms with van der Waals surface area (Å²) < 4.78 is 0. The first-order valence-corrected chi connectivity index (χ1v) is 6.42. The predicted octanol–water partition coefficient (Wildman–Crippen LogP) is 2.80. The van der Waals surface area contributed by atoms with Crippen molar-refractivity contribution in [1.82, 2.24) is 4.90 Å². The molecule has 0 saturated carbocycles. The molecule has 0 spiro atoms. The summed E-state index contributed by atoms with van der Waals surface area (Å²) in [7, 11) is 1.84. The zero-order valence-electron chi connectivity index (χ0n) is 10.5. The Bertz CT molecular complexity index is 442. The minimum atomic E-state index is -0.289. The number of fused-ring (bicyclic) bond motifs is 1. The average molecular weight is 252 g/mol. The Labute approximate surface area is 108 Å².